The van der Waals surface area contributed by atoms with E-state index in [0.29, 0.717) is 11.8 Å². The molecule has 1 amide bonds. The lowest BCUT2D eigenvalue weighted by atomic mass is 9.76. The number of aliphatic hydroxyl groups is 1. The van der Waals surface area contributed by atoms with E-state index in [1.165, 1.54) is 12.8 Å². The standard InChI is InChI=1S/C16H29NO2/c1-12(2)14-5-7-15(8-6-14)16(19)17-9-3-4-13(10-17)11-18/h12-15,18H,3-11H2,1-2H3. The van der Waals surface area contributed by atoms with Crippen molar-refractivity contribution in [3.05, 3.63) is 0 Å². The van der Waals surface area contributed by atoms with Crippen LogP contribution < -0.4 is 0 Å². The lowest BCUT2D eigenvalue weighted by Crippen LogP contribution is -2.44. The Morgan fingerprint density at radius 3 is 2.47 bits per heavy atom. The maximum absolute atomic E-state index is 12.5. The number of aliphatic hydroxyl groups excluding tert-OH is 1. The van der Waals surface area contributed by atoms with Gasteiger partial charge in [-0.05, 0) is 56.3 Å². The molecule has 1 saturated heterocycles. The summed E-state index contributed by atoms with van der Waals surface area (Å²) in [5.41, 5.74) is 0. The quantitative estimate of drug-likeness (QED) is 0.854. The first-order valence-corrected chi connectivity index (χ1v) is 8.01. The van der Waals surface area contributed by atoms with Crippen molar-refractivity contribution in [3.8, 4) is 0 Å². The number of likely N-dealkylation sites (tertiary alicyclic amines) is 1. The molecule has 1 aliphatic heterocycles. The van der Waals surface area contributed by atoms with Crippen LogP contribution in [0.5, 0.6) is 0 Å². The van der Waals surface area contributed by atoms with E-state index in [1.807, 2.05) is 4.90 Å². The van der Waals surface area contributed by atoms with Crippen molar-refractivity contribution in [1.82, 2.24) is 4.90 Å². The van der Waals surface area contributed by atoms with Crippen LogP contribution in [-0.4, -0.2) is 35.6 Å². The number of carbonyl (C=O) groups excluding carboxylic acids is 1. The van der Waals surface area contributed by atoms with Gasteiger partial charge in [0.05, 0.1) is 0 Å². The van der Waals surface area contributed by atoms with Crippen LogP contribution in [-0.2, 0) is 4.79 Å². The molecule has 0 aromatic heterocycles. The topological polar surface area (TPSA) is 40.5 Å². The Balaban J connectivity index is 1.83. The van der Waals surface area contributed by atoms with E-state index in [2.05, 4.69) is 13.8 Å². The zero-order chi connectivity index (χ0) is 13.8. The van der Waals surface area contributed by atoms with E-state index in [1.54, 1.807) is 0 Å². The molecule has 1 aliphatic carbocycles. The van der Waals surface area contributed by atoms with Crippen molar-refractivity contribution in [2.24, 2.45) is 23.7 Å². The number of carbonyl (C=O) groups is 1. The van der Waals surface area contributed by atoms with Crippen LogP contribution in [0.15, 0.2) is 0 Å². The molecule has 1 heterocycles. The van der Waals surface area contributed by atoms with Crippen LogP contribution in [0.25, 0.3) is 0 Å². The second kappa shape index (κ2) is 6.74. The molecular formula is C16H29NO2. The van der Waals surface area contributed by atoms with Crippen LogP contribution in [0.4, 0.5) is 0 Å². The summed E-state index contributed by atoms with van der Waals surface area (Å²) in [4.78, 5) is 14.6. The fraction of sp³-hybridized carbons (Fsp3) is 0.938. The number of hydrogen-bond donors (Lipinski definition) is 1. The average Bonchev–Trinajstić information content (AvgIpc) is 2.46. The zero-order valence-corrected chi connectivity index (χ0v) is 12.5. The highest BCUT2D eigenvalue weighted by molar-refractivity contribution is 5.79. The molecule has 1 N–H and O–H groups in total. The summed E-state index contributed by atoms with van der Waals surface area (Å²) in [6.45, 7) is 6.50. The van der Waals surface area contributed by atoms with Gasteiger partial charge < -0.3 is 10.0 Å². The van der Waals surface area contributed by atoms with Crippen LogP contribution in [0.3, 0.4) is 0 Å². The summed E-state index contributed by atoms with van der Waals surface area (Å²) in [5.74, 6) is 2.50. The van der Waals surface area contributed by atoms with E-state index in [0.717, 1.165) is 50.6 Å². The molecule has 0 spiro atoms. The molecule has 2 fully saturated rings. The maximum Gasteiger partial charge on any atom is 0.225 e. The monoisotopic (exact) mass is 267 g/mol. The number of piperidine rings is 1. The second-order valence-electron chi connectivity index (χ2n) is 6.83. The Labute approximate surface area is 117 Å². The van der Waals surface area contributed by atoms with Crippen LogP contribution in [0.2, 0.25) is 0 Å². The van der Waals surface area contributed by atoms with Gasteiger partial charge in [-0.25, -0.2) is 0 Å². The predicted octanol–water partition coefficient (Wildman–Crippen LogP) is 2.68. The molecule has 2 rings (SSSR count). The molecule has 0 aromatic carbocycles. The average molecular weight is 267 g/mol. The van der Waals surface area contributed by atoms with Crippen molar-refractivity contribution in [2.45, 2.75) is 52.4 Å². The zero-order valence-electron chi connectivity index (χ0n) is 12.5. The highest BCUT2D eigenvalue weighted by atomic mass is 16.3. The summed E-state index contributed by atoms with van der Waals surface area (Å²) in [7, 11) is 0. The number of nitrogens with zero attached hydrogens (tertiary/aromatic N) is 1. The summed E-state index contributed by atoms with van der Waals surface area (Å²) in [6.07, 6.45) is 6.69. The van der Waals surface area contributed by atoms with E-state index < -0.39 is 0 Å². The Morgan fingerprint density at radius 1 is 1.21 bits per heavy atom. The van der Waals surface area contributed by atoms with E-state index in [9.17, 15) is 9.90 Å². The van der Waals surface area contributed by atoms with Crippen molar-refractivity contribution in [2.75, 3.05) is 19.7 Å². The number of hydrogen-bond acceptors (Lipinski definition) is 2. The molecule has 19 heavy (non-hydrogen) atoms. The second-order valence-corrected chi connectivity index (χ2v) is 6.83. The fourth-order valence-electron chi connectivity index (χ4n) is 3.71. The summed E-state index contributed by atoms with van der Waals surface area (Å²) < 4.78 is 0. The molecule has 1 atom stereocenters. The van der Waals surface area contributed by atoms with Gasteiger partial charge in [0.1, 0.15) is 0 Å². The van der Waals surface area contributed by atoms with Crippen molar-refractivity contribution >= 4 is 5.91 Å². The minimum Gasteiger partial charge on any atom is -0.396 e. The van der Waals surface area contributed by atoms with Gasteiger partial charge in [0.2, 0.25) is 5.91 Å². The first-order valence-electron chi connectivity index (χ1n) is 8.01. The third-order valence-corrected chi connectivity index (χ3v) is 5.15. The molecule has 1 unspecified atom stereocenters. The smallest absolute Gasteiger partial charge is 0.225 e. The van der Waals surface area contributed by atoms with Crippen LogP contribution in [0, 0.1) is 23.7 Å². The van der Waals surface area contributed by atoms with Crippen molar-refractivity contribution in [3.63, 3.8) is 0 Å². The third kappa shape index (κ3) is 3.71. The molecular weight excluding hydrogens is 238 g/mol. The minimum atomic E-state index is 0.226. The molecule has 0 aromatic rings. The third-order valence-electron chi connectivity index (χ3n) is 5.15. The van der Waals surface area contributed by atoms with Gasteiger partial charge in [-0.2, -0.15) is 0 Å². The van der Waals surface area contributed by atoms with Crippen LogP contribution in [0.1, 0.15) is 52.4 Å². The Kier molecular flexibility index (Phi) is 5.26. The van der Waals surface area contributed by atoms with E-state index >= 15 is 0 Å². The molecule has 2 aliphatic rings. The first-order chi connectivity index (χ1) is 9.11. The fourth-order valence-corrected chi connectivity index (χ4v) is 3.71. The first kappa shape index (κ1) is 14.8. The van der Waals surface area contributed by atoms with Gasteiger partial charge in [0.25, 0.3) is 0 Å². The molecule has 0 radical (unpaired) electrons. The highest BCUT2D eigenvalue weighted by Gasteiger charge is 2.32. The summed E-state index contributed by atoms with van der Waals surface area (Å²) in [5, 5.41) is 9.26. The normalized spacial score (nSPS) is 32.6. The Morgan fingerprint density at radius 2 is 1.89 bits per heavy atom. The van der Waals surface area contributed by atoms with Gasteiger partial charge in [0.15, 0.2) is 0 Å². The van der Waals surface area contributed by atoms with Gasteiger partial charge in [0, 0.05) is 25.6 Å². The van der Waals surface area contributed by atoms with Gasteiger partial charge in [-0.3, -0.25) is 4.79 Å². The molecule has 0 bridgehead atoms. The van der Waals surface area contributed by atoms with Crippen LogP contribution >= 0.6 is 0 Å². The summed E-state index contributed by atoms with van der Waals surface area (Å²) >= 11 is 0. The molecule has 3 heteroatoms. The lowest BCUT2D eigenvalue weighted by Gasteiger charge is -2.37. The Hall–Kier alpha value is -0.570. The van der Waals surface area contributed by atoms with Crippen molar-refractivity contribution < 1.29 is 9.90 Å². The maximum atomic E-state index is 12.5. The lowest BCUT2D eigenvalue weighted by molar-refractivity contribution is -0.139. The largest absolute Gasteiger partial charge is 0.396 e. The number of amides is 1. The highest BCUT2D eigenvalue weighted by Crippen LogP contribution is 2.34. The van der Waals surface area contributed by atoms with E-state index in [4.69, 9.17) is 0 Å². The van der Waals surface area contributed by atoms with Gasteiger partial charge >= 0.3 is 0 Å². The molecule has 3 nitrogen and oxygen atoms in total. The predicted molar refractivity (Wildman–Crippen MR) is 76.7 cm³/mol. The SMILES string of the molecule is CC(C)C1CCC(C(=O)N2CCCC(CO)C2)CC1. The molecule has 110 valence electrons. The van der Waals surface area contributed by atoms with E-state index in [-0.39, 0.29) is 12.5 Å². The van der Waals surface area contributed by atoms with Gasteiger partial charge in [-0.1, -0.05) is 13.8 Å². The molecule has 1 saturated carbocycles. The number of rotatable bonds is 3. The van der Waals surface area contributed by atoms with Gasteiger partial charge in [-0.15, -0.1) is 0 Å². The minimum absolute atomic E-state index is 0.226. The Bertz CT molecular complexity index is 295. The summed E-state index contributed by atoms with van der Waals surface area (Å²) in [6, 6.07) is 0. The van der Waals surface area contributed by atoms with Crippen molar-refractivity contribution in [1.29, 1.82) is 0 Å².